The summed E-state index contributed by atoms with van der Waals surface area (Å²) < 4.78 is 61.8. The zero-order chi connectivity index (χ0) is 25.0. The molecular weight excluding hydrogens is 462 g/mol. The molecule has 0 radical (unpaired) electrons. The van der Waals surface area contributed by atoms with E-state index in [2.05, 4.69) is 5.32 Å². The largest absolute Gasteiger partial charge is 0.352 e. The van der Waals surface area contributed by atoms with Crippen molar-refractivity contribution in [2.75, 3.05) is 13.2 Å². The van der Waals surface area contributed by atoms with Crippen molar-refractivity contribution in [3.05, 3.63) is 0 Å². The van der Waals surface area contributed by atoms with Crippen molar-refractivity contribution in [3.63, 3.8) is 0 Å². The van der Waals surface area contributed by atoms with Crippen LogP contribution < -0.4 is 5.32 Å². The van der Waals surface area contributed by atoms with E-state index in [9.17, 15) is 0 Å². The molecule has 6 aliphatic heterocycles. The quantitative estimate of drug-likeness (QED) is 0.604. The molecule has 0 aromatic carbocycles. The molecule has 6 heterocycles. The Bertz CT molecular complexity index is 767. The van der Waals surface area contributed by atoms with Crippen LogP contribution in [0.3, 0.4) is 0 Å². The molecule has 6 aliphatic rings. The lowest BCUT2D eigenvalue weighted by Gasteiger charge is -2.30. The van der Waals surface area contributed by atoms with Gasteiger partial charge in [0, 0.05) is 0 Å². The van der Waals surface area contributed by atoms with Gasteiger partial charge in [-0.05, 0) is 55.4 Å². The molecule has 6 rings (SSSR count). The molecule has 6 saturated heterocycles. The minimum atomic E-state index is -0.747. The Hall–Kier alpha value is -0.440. The van der Waals surface area contributed by atoms with E-state index in [0.29, 0.717) is 13.2 Å². The second-order valence-electron chi connectivity index (χ2n) is 12.1. The Morgan fingerprint density at radius 3 is 1.17 bits per heavy atom. The summed E-state index contributed by atoms with van der Waals surface area (Å²) in [5.74, 6) is -2.83. The van der Waals surface area contributed by atoms with E-state index in [1.54, 1.807) is 0 Å². The summed E-state index contributed by atoms with van der Waals surface area (Å²) >= 11 is 0. The van der Waals surface area contributed by atoms with Gasteiger partial charge in [0.15, 0.2) is 23.1 Å². The van der Waals surface area contributed by atoms with Crippen molar-refractivity contribution >= 4 is 0 Å². The number of rotatable bonds is 4. The Morgan fingerprint density at radius 1 is 0.457 bits per heavy atom. The zero-order valence-electron chi connectivity index (χ0n) is 21.8. The lowest BCUT2D eigenvalue weighted by Crippen LogP contribution is -2.50. The van der Waals surface area contributed by atoms with Gasteiger partial charge in [0.1, 0.15) is 61.3 Å². The fourth-order valence-electron chi connectivity index (χ4n) is 6.04. The molecule has 6 fully saturated rings. The first-order valence-electron chi connectivity index (χ1n) is 12.6. The smallest absolute Gasteiger partial charge is 0.164 e. The van der Waals surface area contributed by atoms with Crippen LogP contribution in [0.5, 0.6) is 0 Å². The minimum Gasteiger partial charge on any atom is -0.352 e. The maximum Gasteiger partial charge on any atom is 0.164 e. The van der Waals surface area contributed by atoms with E-state index in [-0.39, 0.29) is 48.8 Å². The third-order valence-corrected chi connectivity index (χ3v) is 7.30. The summed E-state index contributed by atoms with van der Waals surface area (Å²) in [6.45, 7) is 16.0. The van der Waals surface area contributed by atoms with Gasteiger partial charge in [0.2, 0.25) is 0 Å². The summed E-state index contributed by atoms with van der Waals surface area (Å²) in [5, 5.41) is 3.50. The van der Waals surface area contributed by atoms with E-state index in [1.807, 2.05) is 55.4 Å². The van der Waals surface area contributed by atoms with Crippen molar-refractivity contribution in [2.24, 2.45) is 0 Å². The van der Waals surface area contributed by atoms with Gasteiger partial charge < -0.3 is 47.4 Å². The van der Waals surface area contributed by atoms with E-state index >= 15 is 0 Å². The predicted octanol–water partition coefficient (Wildman–Crippen LogP) is 1.37. The molecule has 0 unspecified atom stereocenters. The first-order valence-corrected chi connectivity index (χ1v) is 12.6. The standard InChI is InChI=1S/C24H39NO10/c1-21(2)26-9-11(30-21)13-15-17(34-23(5,6)32-15)19(28-13)25-20-18-16(33-24(7,8)35-18)14(29-20)12-10-27-22(3,4)31-12/h11-20,25H,9-10H2,1-8H3/t11-,12-,13-,14-,15+,16+,17+,18+,19-,20+/m1/s1. The average molecular weight is 502 g/mol. The van der Waals surface area contributed by atoms with Crippen LogP contribution in [-0.2, 0) is 47.4 Å². The highest BCUT2D eigenvalue weighted by Crippen LogP contribution is 2.45. The predicted molar refractivity (Wildman–Crippen MR) is 118 cm³/mol. The average Bonchev–Trinajstić information content (AvgIpc) is 3.51. The Kier molecular flexibility index (Phi) is 5.71. The lowest BCUT2D eigenvalue weighted by molar-refractivity contribution is -0.226. The number of fused-ring (bicyclic) bond motifs is 2. The first-order chi connectivity index (χ1) is 16.2. The summed E-state index contributed by atoms with van der Waals surface area (Å²) in [5.41, 5.74) is 0. The van der Waals surface area contributed by atoms with Crippen LogP contribution in [-0.4, -0.2) is 97.6 Å². The van der Waals surface area contributed by atoms with Crippen LogP contribution in [0, 0.1) is 0 Å². The van der Waals surface area contributed by atoms with Crippen LogP contribution in [0.4, 0.5) is 0 Å². The van der Waals surface area contributed by atoms with Crippen molar-refractivity contribution in [1.82, 2.24) is 5.32 Å². The lowest BCUT2D eigenvalue weighted by atomic mass is 10.1. The maximum atomic E-state index is 6.46. The Morgan fingerprint density at radius 2 is 0.829 bits per heavy atom. The van der Waals surface area contributed by atoms with E-state index < -0.39 is 35.6 Å². The van der Waals surface area contributed by atoms with Crippen LogP contribution in [0.2, 0.25) is 0 Å². The van der Waals surface area contributed by atoms with Crippen LogP contribution in [0.15, 0.2) is 0 Å². The molecule has 200 valence electrons. The molecule has 11 heteroatoms. The van der Waals surface area contributed by atoms with Gasteiger partial charge in [0.25, 0.3) is 0 Å². The normalized spacial score (nSPS) is 51.1. The number of hydrogen-bond acceptors (Lipinski definition) is 11. The molecule has 0 aromatic rings. The van der Waals surface area contributed by atoms with E-state index in [4.69, 9.17) is 47.4 Å². The SMILES string of the molecule is CC1(C)O[C@@H]2[C@H](O1)[C@H](N[C@H]1O[C@H]([C@H]3COC(C)(C)O3)[C@@H]3OC(C)(C)O[C@@H]31)O[C@@H]2[C@H]1COC(C)(C)O1. The number of nitrogens with one attached hydrogen (secondary N) is 1. The Balaban J connectivity index is 1.20. The maximum absolute atomic E-state index is 6.46. The fourth-order valence-corrected chi connectivity index (χ4v) is 6.04. The molecule has 0 aromatic heterocycles. The molecule has 0 amide bonds. The van der Waals surface area contributed by atoms with Crippen LogP contribution in [0.25, 0.3) is 0 Å². The van der Waals surface area contributed by atoms with Crippen molar-refractivity contribution in [3.8, 4) is 0 Å². The highest BCUT2D eigenvalue weighted by molar-refractivity contribution is 5.05. The van der Waals surface area contributed by atoms with Gasteiger partial charge >= 0.3 is 0 Å². The van der Waals surface area contributed by atoms with Crippen LogP contribution in [0.1, 0.15) is 55.4 Å². The van der Waals surface area contributed by atoms with Crippen molar-refractivity contribution in [1.29, 1.82) is 0 Å². The summed E-state index contributed by atoms with van der Waals surface area (Å²) in [6, 6.07) is 0. The molecule has 1 N–H and O–H groups in total. The van der Waals surface area contributed by atoms with Gasteiger partial charge in [-0.2, -0.15) is 0 Å². The van der Waals surface area contributed by atoms with Crippen molar-refractivity contribution < 1.29 is 47.4 Å². The number of hydrogen-bond donors (Lipinski definition) is 1. The second-order valence-corrected chi connectivity index (χ2v) is 12.1. The highest BCUT2D eigenvalue weighted by Gasteiger charge is 2.63. The zero-order valence-corrected chi connectivity index (χ0v) is 21.8. The molecule has 0 saturated carbocycles. The molecule has 35 heavy (non-hydrogen) atoms. The summed E-state index contributed by atoms with van der Waals surface area (Å²) in [6.07, 6.45) is -3.64. The molecule has 0 bridgehead atoms. The Labute approximate surface area is 206 Å². The van der Waals surface area contributed by atoms with Gasteiger partial charge in [-0.3, -0.25) is 5.32 Å². The van der Waals surface area contributed by atoms with Gasteiger partial charge in [-0.15, -0.1) is 0 Å². The highest BCUT2D eigenvalue weighted by atomic mass is 16.8. The summed E-state index contributed by atoms with van der Waals surface area (Å²) in [4.78, 5) is 0. The van der Waals surface area contributed by atoms with Crippen molar-refractivity contribution in [2.45, 2.75) is 140 Å². The monoisotopic (exact) mass is 501 g/mol. The summed E-state index contributed by atoms with van der Waals surface area (Å²) in [7, 11) is 0. The minimum absolute atomic E-state index is 0.275. The molecule has 0 spiro atoms. The fraction of sp³-hybridized carbons (Fsp3) is 1.00. The molecular formula is C24H39NO10. The van der Waals surface area contributed by atoms with Crippen LogP contribution >= 0.6 is 0 Å². The first kappa shape index (κ1) is 24.9. The third-order valence-electron chi connectivity index (χ3n) is 7.30. The van der Waals surface area contributed by atoms with Gasteiger partial charge in [-0.1, -0.05) is 0 Å². The van der Waals surface area contributed by atoms with E-state index in [0.717, 1.165) is 0 Å². The third kappa shape index (κ3) is 4.57. The second kappa shape index (κ2) is 8.03. The number of ether oxygens (including phenoxy) is 10. The molecule has 11 nitrogen and oxygen atoms in total. The van der Waals surface area contributed by atoms with E-state index in [1.165, 1.54) is 0 Å². The van der Waals surface area contributed by atoms with Gasteiger partial charge in [-0.25, -0.2) is 0 Å². The molecule has 0 aliphatic carbocycles. The topological polar surface area (TPSA) is 104 Å². The van der Waals surface area contributed by atoms with Gasteiger partial charge in [0.05, 0.1) is 13.2 Å². The molecule has 10 atom stereocenters.